The predicted molar refractivity (Wildman–Crippen MR) is 63.6 cm³/mol. The zero-order chi connectivity index (χ0) is 12.5. The highest BCUT2D eigenvalue weighted by Gasteiger charge is 2.45. The number of likely N-dealkylation sites (tertiary alicyclic amines) is 1. The molecule has 1 unspecified atom stereocenters. The van der Waals surface area contributed by atoms with E-state index in [4.69, 9.17) is 4.74 Å². The highest BCUT2D eigenvalue weighted by molar-refractivity contribution is 5.78. The molecule has 17 heavy (non-hydrogen) atoms. The molecule has 0 saturated carbocycles. The van der Waals surface area contributed by atoms with Crippen LogP contribution >= 0.6 is 0 Å². The highest BCUT2D eigenvalue weighted by Crippen LogP contribution is 2.29. The van der Waals surface area contributed by atoms with Crippen LogP contribution in [0.2, 0.25) is 0 Å². The summed E-state index contributed by atoms with van der Waals surface area (Å²) in [6.45, 7) is 7.05. The van der Waals surface area contributed by atoms with Crippen LogP contribution in [0.5, 0.6) is 0 Å². The van der Waals surface area contributed by atoms with Gasteiger partial charge in [-0.15, -0.1) is 0 Å². The monoisotopic (exact) mass is 242 g/mol. The fraction of sp³-hybridized carbons (Fsp3) is 0.917. The number of rotatable bonds is 3. The number of nitrogens with zero attached hydrogens (tertiary/aromatic N) is 1. The van der Waals surface area contributed by atoms with Gasteiger partial charge in [-0.25, -0.2) is 0 Å². The third kappa shape index (κ3) is 2.78. The summed E-state index contributed by atoms with van der Waals surface area (Å²) in [7, 11) is 0. The summed E-state index contributed by atoms with van der Waals surface area (Å²) in [5, 5.41) is 13.3. The number of hydrogen-bond donors (Lipinski definition) is 2. The van der Waals surface area contributed by atoms with Crippen molar-refractivity contribution in [3.63, 3.8) is 0 Å². The Morgan fingerprint density at radius 2 is 2.29 bits per heavy atom. The lowest BCUT2D eigenvalue weighted by atomic mass is 9.82. The van der Waals surface area contributed by atoms with Gasteiger partial charge in [0, 0.05) is 19.0 Å². The van der Waals surface area contributed by atoms with E-state index in [1.54, 1.807) is 4.90 Å². The van der Waals surface area contributed by atoms with Crippen molar-refractivity contribution in [1.29, 1.82) is 0 Å². The minimum Gasteiger partial charge on any atom is -0.386 e. The van der Waals surface area contributed by atoms with Crippen molar-refractivity contribution in [3.05, 3.63) is 0 Å². The molecule has 0 aliphatic carbocycles. The molecule has 2 fully saturated rings. The SMILES string of the molecule is CC(C)C1(O)CN(C(=O)CC2COCCN2)C1. The molecule has 98 valence electrons. The standard InChI is InChI=1S/C12H22N2O3/c1-9(2)12(16)7-14(8-12)11(15)5-10-6-17-4-3-13-10/h9-10,13,16H,3-8H2,1-2H3. The summed E-state index contributed by atoms with van der Waals surface area (Å²) < 4.78 is 5.31. The number of hydrogen-bond acceptors (Lipinski definition) is 4. The van der Waals surface area contributed by atoms with Crippen molar-refractivity contribution in [3.8, 4) is 0 Å². The molecule has 1 atom stereocenters. The zero-order valence-corrected chi connectivity index (χ0v) is 10.6. The lowest BCUT2D eigenvalue weighted by molar-refractivity contribution is -0.164. The Labute approximate surface area is 102 Å². The first-order valence-electron chi connectivity index (χ1n) is 6.32. The van der Waals surface area contributed by atoms with E-state index in [0.29, 0.717) is 26.1 Å². The van der Waals surface area contributed by atoms with Crippen molar-refractivity contribution in [1.82, 2.24) is 10.2 Å². The van der Waals surface area contributed by atoms with E-state index in [0.717, 1.165) is 13.2 Å². The Hall–Kier alpha value is -0.650. The van der Waals surface area contributed by atoms with Crippen LogP contribution in [0.1, 0.15) is 20.3 Å². The molecule has 2 N–H and O–H groups in total. The average molecular weight is 242 g/mol. The summed E-state index contributed by atoms with van der Waals surface area (Å²) in [5.41, 5.74) is -0.674. The van der Waals surface area contributed by atoms with Gasteiger partial charge in [0.15, 0.2) is 0 Å². The molecule has 2 aliphatic heterocycles. The van der Waals surface area contributed by atoms with Crippen LogP contribution in [-0.4, -0.2) is 60.4 Å². The fourth-order valence-corrected chi connectivity index (χ4v) is 2.25. The maximum Gasteiger partial charge on any atom is 0.224 e. The number of β-amino-alcohol motifs (C(OH)–C–C–N with tert-alkyl or cyclic N) is 1. The van der Waals surface area contributed by atoms with E-state index >= 15 is 0 Å². The molecular weight excluding hydrogens is 220 g/mol. The normalized spacial score (nSPS) is 28.0. The van der Waals surface area contributed by atoms with Crippen LogP contribution in [-0.2, 0) is 9.53 Å². The summed E-state index contributed by atoms with van der Waals surface area (Å²) in [5.74, 6) is 0.306. The van der Waals surface area contributed by atoms with Crippen LogP contribution in [0.15, 0.2) is 0 Å². The molecule has 2 heterocycles. The van der Waals surface area contributed by atoms with Crippen LogP contribution in [0.3, 0.4) is 0 Å². The molecule has 1 amide bonds. The molecule has 5 nitrogen and oxygen atoms in total. The molecule has 5 heteroatoms. The number of carbonyl (C=O) groups is 1. The average Bonchev–Trinajstić information content (AvgIpc) is 2.25. The van der Waals surface area contributed by atoms with Crippen molar-refractivity contribution in [2.75, 3.05) is 32.8 Å². The molecule has 0 spiro atoms. The summed E-state index contributed by atoms with van der Waals surface area (Å²) >= 11 is 0. The lowest BCUT2D eigenvalue weighted by Crippen LogP contribution is -2.66. The topological polar surface area (TPSA) is 61.8 Å². The van der Waals surface area contributed by atoms with Crippen molar-refractivity contribution in [2.45, 2.75) is 31.9 Å². The summed E-state index contributed by atoms with van der Waals surface area (Å²) in [6, 6.07) is 0.129. The van der Waals surface area contributed by atoms with Gasteiger partial charge < -0.3 is 20.1 Å². The predicted octanol–water partition coefficient (Wildman–Crippen LogP) is -0.406. The van der Waals surface area contributed by atoms with Gasteiger partial charge in [0.05, 0.1) is 26.3 Å². The fourth-order valence-electron chi connectivity index (χ4n) is 2.25. The molecule has 2 aliphatic rings. The Bertz CT molecular complexity index is 281. The van der Waals surface area contributed by atoms with Gasteiger partial charge in [-0.2, -0.15) is 0 Å². The Balaban J connectivity index is 1.75. The highest BCUT2D eigenvalue weighted by atomic mass is 16.5. The number of aliphatic hydroxyl groups is 1. The van der Waals surface area contributed by atoms with E-state index in [-0.39, 0.29) is 17.9 Å². The van der Waals surface area contributed by atoms with E-state index in [1.807, 2.05) is 13.8 Å². The van der Waals surface area contributed by atoms with Gasteiger partial charge in [-0.3, -0.25) is 4.79 Å². The van der Waals surface area contributed by atoms with Crippen LogP contribution < -0.4 is 5.32 Å². The van der Waals surface area contributed by atoms with Crippen molar-refractivity contribution >= 4 is 5.91 Å². The molecule has 0 aromatic heterocycles. The van der Waals surface area contributed by atoms with Crippen LogP contribution in [0.4, 0.5) is 0 Å². The Morgan fingerprint density at radius 1 is 1.59 bits per heavy atom. The first kappa shape index (κ1) is 12.8. The first-order valence-corrected chi connectivity index (χ1v) is 6.32. The number of nitrogens with one attached hydrogen (secondary N) is 1. The van der Waals surface area contributed by atoms with Gasteiger partial charge in [-0.1, -0.05) is 13.8 Å². The lowest BCUT2D eigenvalue weighted by Gasteiger charge is -2.49. The van der Waals surface area contributed by atoms with E-state index < -0.39 is 5.60 Å². The number of amides is 1. The van der Waals surface area contributed by atoms with E-state index in [2.05, 4.69) is 5.32 Å². The molecule has 0 aromatic carbocycles. The molecule has 0 aromatic rings. The minimum absolute atomic E-state index is 0.110. The second-order valence-corrected chi connectivity index (χ2v) is 5.44. The molecular formula is C12H22N2O3. The maximum atomic E-state index is 11.9. The number of morpholine rings is 1. The molecule has 2 saturated heterocycles. The van der Waals surface area contributed by atoms with E-state index in [9.17, 15) is 9.90 Å². The number of carbonyl (C=O) groups excluding carboxylic acids is 1. The zero-order valence-electron chi connectivity index (χ0n) is 10.6. The second-order valence-electron chi connectivity index (χ2n) is 5.44. The van der Waals surface area contributed by atoms with Crippen LogP contribution in [0, 0.1) is 5.92 Å². The first-order chi connectivity index (χ1) is 8.01. The quantitative estimate of drug-likeness (QED) is 0.706. The summed E-state index contributed by atoms with van der Waals surface area (Å²) in [6.07, 6.45) is 0.466. The smallest absolute Gasteiger partial charge is 0.224 e. The largest absolute Gasteiger partial charge is 0.386 e. The minimum atomic E-state index is -0.674. The van der Waals surface area contributed by atoms with Gasteiger partial charge in [0.2, 0.25) is 5.91 Å². The van der Waals surface area contributed by atoms with Gasteiger partial charge in [0.1, 0.15) is 5.60 Å². The third-order valence-electron chi connectivity index (χ3n) is 3.78. The van der Waals surface area contributed by atoms with E-state index in [1.165, 1.54) is 0 Å². The van der Waals surface area contributed by atoms with Crippen molar-refractivity contribution in [2.24, 2.45) is 5.92 Å². The maximum absolute atomic E-state index is 11.9. The molecule has 0 bridgehead atoms. The second kappa shape index (κ2) is 4.92. The Morgan fingerprint density at radius 3 is 2.82 bits per heavy atom. The summed E-state index contributed by atoms with van der Waals surface area (Å²) in [4.78, 5) is 13.7. The Kier molecular flexibility index (Phi) is 3.70. The van der Waals surface area contributed by atoms with Gasteiger partial charge >= 0.3 is 0 Å². The van der Waals surface area contributed by atoms with Crippen LogP contribution in [0.25, 0.3) is 0 Å². The number of ether oxygens (including phenoxy) is 1. The molecule has 0 radical (unpaired) electrons. The third-order valence-corrected chi connectivity index (χ3v) is 3.78. The van der Waals surface area contributed by atoms with Crippen molar-refractivity contribution < 1.29 is 14.6 Å². The van der Waals surface area contributed by atoms with Gasteiger partial charge in [-0.05, 0) is 5.92 Å². The molecule has 2 rings (SSSR count). The van der Waals surface area contributed by atoms with Gasteiger partial charge in [0.25, 0.3) is 0 Å².